The van der Waals surface area contributed by atoms with E-state index in [0.29, 0.717) is 5.56 Å². The summed E-state index contributed by atoms with van der Waals surface area (Å²) in [6.07, 6.45) is -1.13. The van der Waals surface area contributed by atoms with Crippen LogP contribution in [0.1, 0.15) is 24.8 Å². The molecular weight excluding hydrogens is 480 g/mol. The summed E-state index contributed by atoms with van der Waals surface area (Å²) < 4.78 is 0. The lowest BCUT2D eigenvalue weighted by Gasteiger charge is -2.24. The third-order valence-electron chi connectivity index (χ3n) is 4.88. The molecular formula is C21H30N6O9. The number of benzene rings is 1. The molecule has 15 heteroatoms. The summed E-state index contributed by atoms with van der Waals surface area (Å²) in [7, 11) is 0. The number of primary amides is 2. The van der Waals surface area contributed by atoms with E-state index in [4.69, 9.17) is 27.4 Å². The summed E-state index contributed by atoms with van der Waals surface area (Å²) in [4.78, 5) is 71.6. The number of aliphatic carboxylic acids is 1. The third kappa shape index (κ3) is 10.4. The summed E-state index contributed by atoms with van der Waals surface area (Å²) in [5.74, 6) is -6.16. The van der Waals surface area contributed by atoms with Gasteiger partial charge in [0.25, 0.3) is 0 Å². The fourth-order valence-corrected chi connectivity index (χ4v) is 2.93. The molecule has 4 unspecified atom stereocenters. The van der Waals surface area contributed by atoms with Gasteiger partial charge in [0.05, 0.1) is 19.1 Å². The van der Waals surface area contributed by atoms with Gasteiger partial charge in [-0.05, 0) is 24.1 Å². The molecule has 1 rings (SSSR count). The van der Waals surface area contributed by atoms with Gasteiger partial charge in [-0.1, -0.05) is 12.1 Å². The Labute approximate surface area is 205 Å². The van der Waals surface area contributed by atoms with E-state index >= 15 is 0 Å². The first-order valence-corrected chi connectivity index (χ1v) is 10.7. The number of carboxylic acids is 1. The Balaban J connectivity index is 3.11. The monoisotopic (exact) mass is 510 g/mol. The highest BCUT2D eigenvalue weighted by Crippen LogP contribution is 2.12. The van der Waals surface area contributed by atoms with Gasteiger partial charge in [-0.25, -0.2) is 4.79 Å². The molecule has 0 aliphatic heterocycles. The number of carbonyl (C=O) groups excluding carboxylic acids is 5. The zero-order chi connectivity index (χ0) is 27.4. The molecule has 0 bridgehead atoms. The average Bonchev–Trinajstić information content (AvgIpc) is 2.80. The molecule has 1 aromatic rings. The molecule has 0 heterocycles. The molecule has 36 heavy (non-hydrogen) atoms. The van der Waals surface area contributed by atoms with E-state index in [2.05, 4.69) is 10.6 Å². The first kappa shape index (κ1) is 29.8. The maximum atomic E-state index is 13.0. The van der Waals surface area contributed by atoms with Gasteiger partial charge in [-0.3, -0.25) is 24.0 Å². The number of hydrogen-bond acceptors (Lipinski definition) is 9. The van der Waals surface area contributed by atoms with Crippen LogP contribution in [0.4, 0.5) is 0 Å². The number of hydrogen-bond donors (Lipinski definition) is 9. The van der Waals surface area contributed by atoms with Crippen LogP contribution in [0.15, 0.2) is 24.3 Å². The van der Waals surface area contributed by atoms with Crippen molar-refractivity contribution in [3.05, 3.63) is 29.8 Å². The van der Waals surface area contributed by atoms with E-state index in [1.165, 1.54) is 24.3 Å². The van der Waals surface area contributed by atoms with E-state index in [-0.39, 0.29) is 25.0 Å². The number of rotatable bonds is 15. The topological polar surface area (TPSA) is 277 Å². The fourth-order valence-electron chi connectivity index (χ4n) is 2.93. The van der Waals surface area contributed by atoms with E-state index in [1.807, 2.05) is 5.32 Å². The van der Waals surface area contributed by atoms with Crippen molar-refractivity contribution in [3.8, 4) is 5.75 Å². The predicted octanol–water partition coefficient (Wildman–Crippen LogP) is -4.07. The third-order valence-corrected chi connectivity index (χ3v) is 4.88. The number of aliphatic hydroxyl groups excluding tert-OH is 1. The Morgan fingerprint density at radius 2 is 1.33 bits per heavy atom. The van der Waals surface area contributed by atoms with Crippen LogP contribution < -0.4 is 33.2 Å². The van der Waals surface area contributed by atoms with E-state index < -0.39 is 72.7 Å². The molecule has 12 N–H and O–H groups in total. The Morgan fingerprint density at radius 1 is 0.806 bits per heavy atom. The molecule has 0 radical (unpaired) electrons. The zero-order valence-electron chi connectivity index (χ0n) is 19.2. The highest BCUT2D eigenvalue weighted by molar-refractivity contribution is 5.96. The normalized spacial score (nSPS) is 13.9. The number of amides is 5. The van der Waals surface area contributed by atoms with Crippen LogP contribution >= 0.6 is 0 Å². The molecule has 0 aliphatic carbocycles. The number of phenolic OH excluding ortho intramolecular Hbond substituents is 1. The van der Waals surface area contributed by atoms with Crippen LogP contribution in [-0.4, -0.2) is 81.6 Å². The van der Waals surface area contributed by atoms with Crippen molar-refractivity contribution < 1.29 is 44.1 Å². The summed E-state index contributed by atoms with van der Waals surface area (Å²) in [5.41, 5.74) is 16.4. The van der Waals surface area contributed by atoms with Gasteiger partial charge in [-0.2, -0.15) is 0 Å². The van der Waals surface area contributed by atoms with Crippen molar-refractivity contribution >= 4 is 35.5 Å². The highest BCUT2D eigenvalue weighted by atomic mass is 16.4. The smallest absolute Gasteiger partial charge is 0.328 e. The van der Waals surface area contributed by atoms with Gasteiger partial charge in [0.15, 0.2) is 0 Å². The summed E-state index contributed by atoms with van der Waals surface area (Å²) >= 11 is 0. The van der Waals surface area contributed by atoms with Crippen molar-refractivity contribution in [2.75, 3.05) is 6.61 Å². The fraction of sp³-hybridized carbons (Fsp3) is 0.429. The average molecular weight is 511 g/mol. The number of aromatic hydroxyl groups is 1. The van der Waals surface area contributed by atoms with Gasteiger partial charge in [0, 0.05) is 12.8 Å². The Bertz CT molecular complexity index is 969. The summed E-state index contributed by atoms with van der Waals surface area (Å²) in [6.45, 7) is -0.957. The van der Waals surface area contributed by atoms with E-state index in [1.54, 1.807) is 0 Å². The second kappa shape index (κ2) is 14.2. The molecule has 1 aromatic carbocycles. The Kier molecular flexibility index (Phi) is 11.8. The van der Waals surface area contributed by atoms with Gasteiger partial charge >= 0.3 is 5.97 Å². The minimum atomic E-state index is -1.71. The summed E-state index contributed by atoms with van der Waals surface area (Å²) in [5, 5.41) is 34.2. The molecule has 0 aromatic heterocycles. The number of nitrogens with two attached hydrogens (primary N) is 3. The second-order valence-corrected chi connectivity index (χ2v) is 7.86. The number of aliphatic hydroxyl groups is 1. The van der Waals surface area contributed by atoms with Crippen LogP contribution in [0.5, 0.6) is 5.75 Å². The highest BCUT2D eigenvalue weighted by Gasteiger charge is 2.31. The lowest BCUT2D eigenvalue weighted by Crippen LogP contribution is -2.58. The van der Waals surface area contributed by atoms with Gasteiger partial charge < -0.3 is 48.5 Å². The zero-order valence-corrected chi connectivity index (χ0v) is 19.2. The predicted molar refractivity (Wildman–Crippen MR) is 123 cm³/mol. The van der Waals surface area contributed by atoms with Crippen LogP contribution in [0.2, 0.25) is 0 Å². The maximum Gasteiger partial charge on any atom is 0.328 e. The molecule has 0 saturated carbocycles. The number of carbonyl (C=O) groups is 6. The maximum absolute atomic E-state index is 13.0. The van der Waals surface area contributed by atoms with Gasteiger partial charge in [-0.15, -0.1) is 0 Å². The minimum Gasteiger partial charge on any atom is -0.508 e. The Morgan fingerprint density at radius 3 is 1.83 bits per heavy atom. The minimum absolute atomic E-state index is 0.0488. The van der Waals surface area contributed by atoms with Gasteiger partial charge in [0.2, 0.25) is 29.5 Å². The molecule has 5 amide bonds. The van der Waals surface area contributed by atoms with E-state index in [9.17, 15) is 33.9 Å². The number of nitrogens with one attached hydrogen (secondary N) is 3. The molecule has 4 atom stereocenters. The number of carboxylic acid groups (broad SMARTS) is 1. The van der Waals surface area contributed by atoms with Crippen LogP contribution in [-0.2, 0) is 35.2 Å². The second-order valence-electron chi connectivity index (χ2n) is 7.86. The molecule has 0 saturated heterocycles. The van der Waals surface area contributed by atoms with Crippen LogP contribution in [0.3, 0.4) is 0 Å². The molecule has 198 valence electrons. The number of phenols is 1. The first-order valence-electron chi connectivity index (χ1n) is 10.7. The van der Waals surface area contributed by atoms with Crippen molar-refractivity contribution in [1.29, 1.82) is 0 Å². The lowest BCUT2D eigenvalue weighted by atomic mass is 10.0. The van der Waals surface area contributed by atoms with Crippen LogP contribution in [0, 0.1) is 0 Å². The SMILES string of the molecule is NC(=O)CCC(N)C(=O)NC(Cc1ccc(O)cc1)C(=O)NC(CC(N)=O)C(=O)NC(CO)C(=O)O. The molecule has 0 aliphatic rings. The first-order chi connectivity index (χ1) is 16.8. The standard InChI is InChI=1S/C21H30N6O9/c22-12(5-6-16(23)30)18(32)25-13(7-10-1-3-11(29)4-2-10)19(33)26-14(8-17(24)31)20(34)27-15(9-28)21(35)36/h1-4,12-15,28-29H,5-9,22H2,(H2,23,30)(H2,24,31)(H,25,32)(H,26,33)(H,27,34)(H,35,36). The molecule has 0 fully saturated rings. The quantitative estimate of drug-likeness (QED) is 0.110. The van der Waals surface area contributed by atoms with Crippen molar-refractivity contribution in [2.24, 2.45) is 17.2 Å². The largest absolute Gasteiger partial charge is 0.508 e. The van der Waals surface area contributed by atoms with Crippen LogP contribution in [0.25, 0.3) is 0 Å². The Hall–Kier alpha value is -4.24. The van der Waals surface area contributed by atoms with Crippen molar-refractivity contribution in [3.63, 3.8) is 0 Å². The van der Waals surface area contributed by atoms with E-state index in [0.717, 1.165) is 0 Å². The summed E-state index contributed by atoms with van der Waals surface area (Å²) in [6, 6.07) is -0.255. The van der Waals surface area contributed by atoms with Crippen molar-refractivity contribution in [2.45, 2.75) is 49.9 Å². The molecule has 15 nitrogen and oxygen atoms in total. The molecule has 0 spiro atoms. The van der Waals surface area contributed by atoms with Crippen molar-refractivity contribution in [1.82, 2.24) is 16.0 Å². The lowest BCUT2D eigenvalue weighted by molar-refractivity contribution is -0.143. The van der Waals surface area contributed by atoms with Gasteiger partial charge in [0.1, 0.15) is 23.9 Å².